The van der Waals surface area contributed by atoms with Crippen LogP contribution in [0, 0.1) is 11.3 Å². The van der Waals surface area contributed by atoms with Crippen molar-refractivity contribution in [1.29, 1.82) is 5.26 Å². The number of ether oxygens (including phenoxy) is 3. The van der Waals surface area contributed by atoms with E-state index in [2.05, 4.69) is 14.8 Å². The smallest absolute Gasteiger partial charge is 0.432 e. The Morgan fingerprint density at radius 3 is 2.97 bits per heavy atom. The highest BCUT2D eigenvalue weighted by Crippen LogP contribution is 2.40. The van der Waals surface area contributed by atoms with Crippen LogP contribution in [0.25, 0.3) is 5.52 Å². The third kappa shape index (κ3) is 3.66. The summed E-state index contributed by atoms with van der Waals surface area (Å²) in [6.07, 6.45) is -5.22. The van der Waals surface area contributed by atoms with Gasteiger partial charge in [-0.15, -0.1) is 0 Å². The molecule has 0 saturated carbocycles. The van der Waals surface area contributed by atoms with E-state index in [1.54, 1.807) is 6.07 Å². The van der Waals surface area contributed by atoms with E-state index in [9.17, 15) is 23.9 Å². The summed E-state index contributed by atoms with van der Waals surface area (Å²) >= 11 is 0. The molecule has 2 aromatic rings. The topological polar surface area (TPSA) is 145 Å². The normalized spacial score (nSPS) is 24.6. The predicted molar refractivity (Wildman–Crippen MR) is 92.7 cm³/mol. The summed E-state index contributed by atoms with van der Waals surface area (Å²) in [5.74, 6) is 0.177. The zero-order valence-corrected chi connectivity index (χ0v) is 15.6. The molecule has 1 saturated heterocycles. The van der Waals surface area contributed by atoms with Crippen molar-refractivity contribution in [3.63, 3.8) is 0 Å². The molecule has 3 atom stereocenters. The average Bonchev–Trinajstić information content (AvgIpc) is 3.22. The monoisotopic (exact) mass is 411 g/mol. The molecule has 0 spiro atoms. The number of carbonyl (C=O) groups is 1. The van der Waals surface area contributed by atoms with E-state index < -0.39 is 42.6 Å². The van der Waals surface area contributed by atoms with Crippen LogP contribution in [-0.2, 0) is 19.8 Å². The van der Waals surface area contributed by atoms with E-state index in [0.29, 0.717) is 5.52 Å². The largest absolute Gasteiger partial charge is 0.509 e. The van der Waals surface area contributed by atoms with E-state index in [0.717, 1.165) is 13.8 Å². The second-order valence-electron chi connectivity index (χ2n) is 7.07. The highest BCUT2D eigenvalue weighted by Gasteiger charge is 2.52. The quantitative estimate of drug-likeness (QED) is 0.697. The van der Waals surface area contributed by atoms with Gasteiger partial charge in [-0.1, -0.05) is 0 Å². The van der Waals surface area contributed by atoms with Gasteiger partial charge < -0.3 is 25.1 Å². The molecule has 1 aliphatic rings. The molecular formula is C17H19F2N5O5. The SMILES string of the molecule is CC(C)(OC(=O)OC[C@@H]1C[C@@H](O)[C@](C#N)(c2ccc3c(N)ncnn23)O1)C(F)F. The highest BCUT2D eigenvalue weighted by atomic mass is 19.3. The molecule has 1 aliphatic heterocycles. The molecule has 2 aromatic heterocycles. The Morgan fingerprint density at radius 2 is 2.31 bits per heavy atom. The molecule has 0 aromatic carbocycles. The molecule has 3 rings (SSSR count). The molecule has 0 bridgehead atoms. The van der Waals surface area contributed by atoms with Crippen molar-refractivity contribution in [2.45, 2.75) is 50.1 Å². The first-order valence-corrected chi connectivity index (χ1v) is 8.60. The van der Waals surface area contributed by atoms with Crippen LogP contribution in [-0.4, -0.2) is 56.7 Å². The summed E-state index contributed by atoms with van der Waals surface area (Å²) in [4.78, 5) is 15.5. The predicted octanol–water partition coefficient (Wildman–Crippen LogP) is 1.38. The summed E-state index contributed by atoms with van der Waals surface area (Å²) in [7, 11) is 0. The molecule has 1 fully saturated rings. The van der Waals surface area contributed by atoms with Gasteiger partial charge in [0.05, 0.1) is 11.8 Å². The number of anilines is 1. The Kier molecular flexibility index (Phi) is 5.29. The van der Waals surface area contributed by atoms with E-state index in [4.69, 9.17) is 15.2 Å². The Morgan fingerprint density at radius 1 is 1.59 bits per heavy atom. The minimum atomic E-state index is -2.90. The number of nitrogen functional groups attached to an aromatic ring is 1. The first-order chi connectivity index (χ1) is 13.6. The van der Waals surface area contributed by atoms with Crippen molar-refractivity contribution in [3.8, 4) is 6.07 Å². The molecule has 0 amide bonds. The number of carbonyl (C=O) groups excluding carboxylic acids is 1. The third-order valence-corrected chi connectivity index (χ3v) is 4.60. The molecule has 0 aliphatic carbocycles. The highest BCUT2D eigenvalue weighted by molar-refractivity contribution is 5.66. The van der Waals surface area contributed by atoms with Gasteiger partial charge in [0.1, 0.15) is 30.6 Å². The fourth-order valence-electron chi connectivity index (χ4n) is 2.98. The lowest BCUT2D eigenvalue weighted by molar-refractivity contribution is -0.110. The maximum Gasteiger partial charge on any atom is 0.509 e. The number of fused-ring (bicyclic) bond motifs is 1. The fraction of sp³-hybridized carbons (Fsp3) is 0.529. The fourth-order valence-corrected chi connectivity index (χ4v) is 2.98. The van der Waals surface area contributed by atoms with E-state index in [1.165, 1.54) is 16.9 Å². The molecule has 3 N–H and O–H groups in total. The number of aromatic nitrogens is 3. The van der Waals surface area contributed by atoms with Gasteiger partial charge in [0.2, 0.25) is 5.60 Å². The number of halogens is 2. The van der Waals surface area contributed by atoms with Crippen LogP contribution in [0.15, 0.2) is 18.5 Å². The molecule has 0 radical (unpaired) electrons. The maximum atomic E-state index is 12.8. The Labute approximate surface area is 163 Å². The van der Waals surface area contributed by atoms with Gasteiger partial charge in [-0.2, -0.15) is 10.4 Å². The van der Waals surface area contributed by atoms with Crippen molar-refractivity contribution >= 4 is 17.5 Å². The zero-order valence-electron chi connectivity index (χ0n) is 15.6. The lowest BCUT2D eigenvalue weighted by Gasteiger charge is -2.25. The second kappa shape index (κ2) is 7.41. The Balaban J connectivity index is 1.74. The van der Waals surface area contributed by atoms with Crippen LogP contribution in [0.3, 0.4) is 0 Å². The molecule has 0 unspecified atom stereocenters. The number of nitriles is 1. The van der Waals surface area contributed by atoms with Gasteiger partial charge in [-0.3, -0.25) is 0 Å². The minimum Gasteiger partial charge on any atom is -0.432 e. The van der Waals surface area contributed by atoms with Crippen LogP contribution in [0.2, 0.25) is 0 Å². The third-order valence-electron chi connectivity index (χ3n) is 4.60. The van der Waals surface area contributed by atoms with Gasteiger partial charge in [-0.25, -0.2) is 23.1 Å². The molecule has 10 nitrogen and oxygen atoms in total. The van der Waals surface area contributed by atoms with E-state index in [1.807, 2.05) is 6.07 Å². The van der Waals surface area contributed by atoms with Crippen LogP contribution >= 0.6 is 0 Å². The molecule has 156 valence electrons. The first-order valence-electron chi connectivity index (χ1n) is 8.60. The van der Waals surface area contributed by atoms with Gasteiger partial charge >= 0.3 is 6.16 Å². The summed E-state index contributed by atoms with van der Waals surface area (Å²) in [5, 5.41) is 24.3. The molecule has 3 heterocycles. The lowest BCUT2D eigenvalue weighted by atomic mass is 9.94. The Hall–Kier alpha value is -3.04. The van der Waals surface area contributed by atoms with Crippen molar-refractivity contribution in [2.75, 3.05) is 12.3 Å². The Bertz CT molecular complexity index is 959. The lowest BCUT2D eigenvalue weighted by Crippen LogP contribution is -2.37. The number of alkyl halides is 2. The summed E-state index contributed by atoms with van der Waals surface area (Å²) < 4.78 is 42.0. The van der Waals surface area contributed by atoms with E-state index in [-0.39, 0.29) is 17.9 Å². The maximum absolute atomic E-state index is 12.8. The number of hydrogen-bond acceptors (Lipinski definition) is 9. The first kappa shape index (κ1) is 20.7. The van der Waals surface area contributed by atoms with Gasteiger partial charge in [0.15, 0.2) is 11.4 Å². The standard InChI is InChI=1S/C17H19F2N5O5/c1-16(2,14(18)19)29-15(26)27-6-9-5-12(25)17(7-20,28-9)11-4-3-10-13(21)22-8-23-24(10)11/h3-4,8-9,12,14,25H,5-6H2,1-2H3,(H2,21,22,23)/t9-,12+,17-/m0/s1. The van der Waals surface area contributed by atoms with Crippen LogP contribution in [0.4, 0.5) is 19.4 Å². The number of hydrogen-bond donors (Lipinski definition) is 2. The van der Waals surface area contributed by atoms with Crippen molar-refractivity contribution in [1.82, 2.24) is 14.6 Å². The van der Waals surface area contributed by atoms with Crippen molar-refractivity contribution in [2.24, 2.45) is 0 Å². The van der Waals surface area contributed by atoms with Crippen molar-refractivity contribution in [3.05, 3.63) is 24.2 Å². The number of aliphatic hydroxyl groups excluding tert-OH is 1. The average molecular weight is 411 g/mol. The molecule has 12 heteroatoms. The van der Waals surface area contributed by atoms with Gasteiger partial charge in [-0.05, 0) is 26.0 Å². The zero-order chi connectivity index (χ0) is 21.4. The summed E-state index contributed by atoms with van der Waals surface area (Å²) in [5.41, 5.74) is 2.61. The number of aliphatic hydroxyl groups is 1. The van der Waals surface area contributed by atoms with Crippen molar-refractivity contribution < 1.29 is 32.9 Å². The van der Waals surface area contributed by atoms with Gasteiger partial charge in [0.25, 0.3) is 6.43 Å². The van der Waals surface area contributed by atoms with Crippen LogP contribution in [0.1, 0.15) is 26.0 Å². The molecule has 29 heavy (non-hydrogen) atoms. The second-order valence-corrected chi connectivity index (χ2v) is 7.07. The number of nitrogens with two attached hydrogens (primary N) is 1. The minimum absolute atomic E-state index is 0.0487. The number of rotatable bonds is 5. The molecular weight excluding hydrogens is 392 g/mol. The summed E-state index contributed by atoms with van der Waals surface area (Å²) in [6.45, 7) is 1.68. The van der Waals surface area contributed by atoms with Gasteiger partial charge in [0, 0.05) is 6.42 Å². The van der Waals surface area contributed by atoms with E-state index >= 15 is 0 Å². The van der Waals surface area contributed by atoms with Crippen LogP contribution < -0.4 is 5.73 Å². The summed E-state index contributed by atoms with van der Waals surface area (Å²) in [6, 6.07) is 5.05. The van der Waals surface area contributed by atoms with Crippen LogP contribution in [0.5, 0.6) is 0 Å². The number of nitrogens with zero attached hydrogens (tertiary/aromatic N) is 4.